The first kappa shape index (κ1) is 27.7. The normalized spacial score (nSPS) is 18.4. The highest BCUT2D eigenvalue weighted by atomic mass is 35.5. The molecule has 4 rings (SSSR count). The number of phenolic OH excluding ortho intramolecular Hbond substituents is 1. The van der Waals surface area contributed by atoms with Gasteiger partial charge in [0.05, 0.1) is 39.8 Å². The van der Waals surface area contributed by atoms with Crippen LogP contribution in [0.25, 0.3) is 22.3 Å². The van der Waals surface area contributed by atoms with Crippen LogP contribution in [-0.4, -0.2) is 66.7 Å². The molecule has 1 fully saturated rings. The molecule has 3 N–H and O–H groups in total. The van der Waals surface area contributed by atoms with Gasteiger partial charge in [0.2, 0.25) is 0 Å². The fourth-order valence-corrected chi connectivity index (χ4v) is 6.67. The second-order valence-corrected chi connectivity index (χ2v) is 13.2. The number of phenols is 1. The van der Waals surface area contributed by atoms with Gasteiger partial charge in [-0.2, -0.15) is 8.42 Å². The zero-order valence-corrected chi connectivity index (χ0v) is 23.5. The molecule has 9 nitrogen and oxygen atoms in total. The lowest BCUT2D eigenvalue weighted by molar-refractivity contribution is 0.255. The molecule has 1 saturated carbocycles. The fraction of sp³-hybridized carbons (Fsp3) is 0.440. The molecular formula is C25H31ClN4O5S2. The van der Waals surface area contributed by atoms with Crippen molar-refractivity contribution in [2.45, 2.75) is 43.7 Å². The predicted molar refractivity (Wildman–Crippen MR) is 148 cm³/mol. The Morgan fingerprint density at radius 2 is 1.89 bits per heavy atom. The van der Waals surface area contributed by atoms with Crippen LogP contribution < -0.4 is 10.1 Å². The average Bonchev–Trinajstić information content (AvgIpc) is 2.83. The molecule has 0 bridgehead atoms. The molecule has 0 saturated heterocycles. The number of aromatic nitrogens is 2. The van der Waals surface area contributed by atoms with Gasteiger partial charge in [0.15, 0.2) is 11.5 Å². The summed E-state index contributed by atoms with van der Waals surface area (Å²) in [6.45, 7) is 2.83. The van der Waals surface area contributed by atoms with E-state index in [-0.39, 0.29) is 27.6 Å². The smallest absolute Gasteiger partial charge is 0.325 e. The zero-order valence-electron chi connectivity index (χ0n) is 21.2. The number of halogens is 1. The second kappa shape index (κ2) is 11.2. The Labute approximate surface area is 225 Å². The van der Waals surface area contributed by atoms with Crippen molar-refractivity contribution < 1.29 is 22.8 Å². The maximum atomic E-state index is 11.7. The number of aromatic hydroxyl groups is 1. The number of anilines is 1. The van der Waals surface area contributed by atoms with Crippen molar-refractivity contribution in [1.82, 2.24) is 14.9 Å². The van der Waals surface area contributed by atoms with Gasteiger partial charge in [-0.15, -0.1) is 0 Å². The first-order valence-electron chi connectivity index (χ1n) is 11.9. The Balaban J connectivity index is 1.77. The highest BCUT2D eigenvalue weighted by Crippen LogP contribution is 2.40. The van der Waals surface area contributed by atoms with E-state index in [1.165, 1.54) is 7.11 Å². The number of benzene rings is 1. The number of rotatable bonds is 8. The summed E-state index contributed by atoms with van der Waals surface area (Å²) in [5, 5.41) is 14.1. The maximum absolute atomic E-state index is 11.7. The molecule has 2 heterocycles. The molecule has 37 heavy (non-hydrogen) atoms. The predicted octanol–water partition coefficient (Wildman–Crippen LogP) is 5.40. The quantitative estimate of drug-likeness (QED) is 0.241. The minimum absolute atomic E-state index is 0.137. The van der Waals surface area contributed by atoms with Crippen molar-refractivity contribution in [2.24, 2.45) is 5.92 Å². The van der Waals surface area contributed by atoms with Crippen LogP contribution in [-0.2, 0) is 9.15 Å². The van der Waals surface area contributed by atoms with Gasteiger partial charge in [0.1, 0.15) is 10.5 Å². The van der Waals surface area contributed by atoms with Crippen molar-refractivity contribution in [1.29, 1.82) is 0 Å². The van der Waals surface area contributed by atoms with Crippen LogP contribution >= 0.6 is 22.4 Å². The SMILES string of the molecule is COc1cc(-c2ccc3nc(SS(=O)(=O)O)c(C)c(NC4CCC(CN(C)C)CC4)c3n2)cc(Cl)c1O. The number of fused-ring (bicyclic) bond motifs is 1. The lowest BCUT2D eigenvalue weighted by Gasteiger charge is -2.32. The topological polar surface area (TPSA) is 125 Å². The Morgan fingerprint density at radius 1 is 1.19 bits per heavy atom. The third kappa shape index (κ3) is 6.58. The van der Waals surface area contributed by atoms with Crippen molar-refractivity contribution in [3.05, 3.63) is 34.9 Å². The van der Waals surface area contributed by atoms with Gasteiger partial charge in [-0.1, -0.05) is 11.6 Å². The maximum Gasteiger partial charge on any atom is 0.325 e. The third-order valence-corrected chi connectivity index (χ3v) is 8.74. The standard InChI is InChI=1S/C25H31ClN4O5S2/c1-14-22(27-17-7-5-15(6-8-17)13-30(2)3)23-20(29-25(14)36-37(32,33)34)10-9-19(28-23)16-11-18(26)24(31)21(12-16)35-4/h9-12,15,17,31H,5-8,13H2,1-4H3,(H,27,29)(H,32,33,34). The summed E-state index contributed by atoms with van der Waals surface area (Å²) in [4.78, 5) is 11.6. The molecule has 1 aliphatic carbocycles. The van der Waals surface area contributed by atoms with E-state index < -0.39 is 9.15 Å². The van der Waals surface area contributed by atoms with Gasteiger partial charge in [-0.3, -0.25) is 4.55 Å². The van der Waals surface area contributed by atoms with Gasteiger partial charge < -0.3 is 20.1 Å². The third-order valence-electron chi connectivity index (χ3n) is 6.58. The average molecular weight is 567 g/mol. The number of nitrogens with zero attached hydrogens (tertiary/aromatic N) is 3. The largest absolute Gasteiger partial charge is 0.503 e. The van der Waals surface area contributed by atoms with E-state index in [9.17, 15) is 18.1 Å². The molecule has 1 aromatic carbocycles. The van der Waals surface area contributed by atoms with E-state index in [0.717, 1.165) is 32.2 Å². The van der Waals surface area contributed by atoms with Crippen LogP contribution in [0.5, 0.6) is 11.5 Å². The summed E-state index contributed by atoms with van der Waals surface area (Å²) in [6, 6.07) is 6.94. The summed E-state index contributed by atoms with van der Waals surface area (Å²) in [5.41, 5.74) is 3.57. The number of nitrogens with one attached hydrogen (secondary N) is 1. The van der Waals surface area contributed by atoms with Crippen molar-refractivity contribution >= 4 is 48.3 Å². The highest BCUT2D eigenvalue weighted by molar-refractivity contribution is 8.69. The monoisotopic (exact) mass is 566 g/mol. The van der Waals surface area contributed by atoms with E-state index in [4.69, 9.17) is 21.3 Å². The van der Waals surface area contributed by atoms with Crippen LogP contribution in [0.15, 0.2) is 29.3 Å². The zero-order chi connectivity index (χ0) is 26.9. The molecular weight excluding hydrogens is 536 g/mol. The molecule has 0 spiro atoms. The fourth-order valence-electron chi connectivity index (χ4n) is 4.81. The van der Waals surface area contributed by atoms with Crippen LogP contribution in [0.1, 0.15) is 31.2 Å². The van der Waals surface area contributed by atoms with E-state index >= 15 is 0 Å². The highest BCUT2D eigenvalue weighted by Gasteiger charge is 2.25. The van der Waals surface area contributed by atoms with Gasteiger partial charge >= 0.3 is 9.15 Å². The summed E-state index contributed by atoms with van der Waals surface area (Å²) in [7, 11) is 1.58. The molecule has 0 atom stereocenters. The summed E-state index contributed by atoms with van der Waals surface area (Å²) >= 11 is 6.21. The van der Waals surface area contributed by atoms with Crippen molar-refractivity contribution in [2.75, 3.05) is 33.1 Å². The van der Waals surface area contributed by atoms with E-state index in [2.05, 4.69) is 29.3 Å². The molecule has 12 heteroatoms. The molecule has 0 aliphatic heterocycles. The first-order valence-corrected chi connectivity index (χ1v) is 15.1. The van der Waals surface area contributed by atoms with E-state index in [1.807, 2.05) is 0 Å². The lowest BCUT2D eigenvalue weighted by atomic mass is 9.85. The summed E-state index contributed by atoms with van der Waals surface area (Å²) in [5.74, 6) is 0.727. The molecule has 0 radical (unpaired) electrons. The van der Waals surface area contributed by atoms with Crippen molar-refractivity contribution in [3.8, 4) is 22.8 Å². The van der Waals surface area contributed by atoms with Gasteiger partial charge in [-0.05, 0) is 76.9 Å². The van der Waals surface area contributed by atoms with E-state index in [0.29, 0.717) is 50.3 Å². The molecule has 200 valence electrons. The lowest BCUT2D eigenvalue weighted by Crippen LogP contribution is -2.31. The Morgan fingerprint density at radius 3 is 2.51 bits per heavy atom. The number of hydrogen-bond acceptors (Lipinski definition) is 9. The molecule has 0 amide bonds. The van der Waals surface area contributed by atoms with Crippen LogP contribution in [0.2, 0.25) is 5.02 Å². The number of pyridine rings is 2. The van der Waals surface area contributed by atoms with Crippen molar-refractivity contribution in [3.63, 3.8) is 0 Å². The van der Waals surface area contributed by atoms with Crippen LogP contribution in [0.4, 0.5) is 5.69 Å². The Hall–Kier alpha value is -2.31. The number of ether oxygens (including phenoxy) is 1. The van der Waals surface area contributed by atoms with E-state index in [1.54, 1.807) is 31.2 Å². The molecule has 1 aliphatic rings. The van der Waals surface area contributed by atoms with Crippen LogP contribution in [0, 0.1) is 12.8 Å². The number of hydrogen-bond donors (Lipinski definition) is 3. The second-order valence-electron chi connectivity index (χ2n) is 9.63. The number of methoxy groups -OCH3 is 1. The molecule has 3 aromatic rings. The minimum atomic E-state index is -4.36. The minimum Gasteiger partial charge on any atom is -0.503 e. The van der Waals surface area contributed by atoms with Gasteiger partial charge in [0.25, 0.3) is 0 Å². The molecule has 0 unspecified atom stereocenters. The Bertz CT molecular complexity index is 1410. The van der Waals surface area contributed by atoms with Gasteiger partial charge in [-0.25, -0.2) is 9.97 Å². The van der Waals surface area contributed by atoms with Gasteiger partial charge in [0, 0.05) is 23.7 Å². The molecule has 2 aromatic heterocycles. The summed E-state index contributed by atoms with van der Waals surface area (Å²) in [6.07, 6.45) is 4.14. The Kier molecular flexibility index (Phi) is 8.39. The first-order chi connectivity index (χ1) is 17.4. The summed E-state index contributed by atoms with van der Waals surface area (Å²) < 4.78 is 38.1. The van der Waals surface area contributed by atoms with Crippen LogP contribution in [0.3, 0.4) is 0 Å².